The molecule has 1 aliphatic heterocycles. The Bertz CT molecular complexity index is 444. The maximum absolute atomic E-state index is 9.07. The van der Waals surface area contributed by atoms with Gasteiger partial charge in [0, 0.05) is 25.2 Å². The number of hydrogen-bond donors (Lipinski definition) is 3. The highest BCUT2D eigenvalue weighted by Gasteiger charge is 2.20. The third kappa shape index (κ3) is 3.93. The third-order valence-corrected chi connectivity index (χ3v) is 3.47. The molecule has 0 spiro atoms. The maximum atomic E-state index is 9.07. The summed E-state index contributed by atoms with van der Waals surface area (Å²) < 4.78 is 0. The lowest BCUT2D eigenvalue weighted by atomic mass is 10.0. The van der Waals surface area contributed by atoms with Crippen LogP contribution in [0.5, 0.6) is 0 Å². The Balaban J connectivity index is 2.15. The Morgan fingerprint density at radius 1 is 1.20 bits per heavy atom. The van der Waals surface area contributed by atoms with Crippen molar-refractivity contribution in [1.29, 1.82) is 0 Å². The quantitative estimate of drug-likeness (QED) is 0.740. The summed E-state index contributed by atoms with van der Waals surface area (Å²) in [6.07, 6.45) is 4.18. The van der Waals surface area contributed by atoms with Crippen LogP contribution in [0.4, 0.5) is 17.8 Å². The Morgan fingerprint density at radius 2 is 1.90 bits per heavy atom. The number of nitrogens with two attached hydrogens (primary N) is 1. The fraction of sp³-hybridized carbons (Fsp3) is 0.769. The summed E-state index contributed by atoms with van der Waals surface area (Å²) in [6, 6.07) is 0. The summed E-state index contributed by atoms with van der Waals surface area (Å²) in [4.78, 5) is 15.0. The predicted molar refractivity (Wildman–Crippen MR) is 79.7 cm³/mol. The lowest BCUT2D eigenvalue weighted by Gasteiger charge is -2.28. The Hall–Kier alpha value is -1.63. The number of nitrogen functional groups attached to an aromatic ring is 1. The largest absolute Gasteiger partial charge is 0.396 e. The molecule has 1 fully saturated rings. The van der Waals surface area contributed by atoms with Gasteiger partial charge in [-0.3, -0.25) is 0 Å². The second kappa shape index (κ2) is 6.21. The van der Waals surface area contributed by atoms with Crippen molar-refractivity contribution in [2.24, 2.45) is 0 Å². The van der Waals surface area contributed by atoms with Crippen LogP contribution < -0.4 is 16.0 Å². The molecule has 0 amide bonds. The van der Waals surface area contributed by atoms with Crippen molar-refractivity contribution in [2.45, 2.75) is 45.1 Å². The highest BCUT2D eigenvalue weighted by atomic mass is 16.3. The zero-order valence-corrected chi connectivity index (χ0v) is 12.3. The second-order valence-corrected chi connectivity index (χ2v) is 5.85. The van der Waals surface area contributed by atoms with Crippen LogP contribution in [-0.4, -0.2) is 45.3 Å². The van der Waals surface area contributed by atoms with E-state index < -0.39 is 0 Å². The van der Waals surface area contributed by atoms with E-state index in [0.29, 0.717) is 18.3 Å². The van der Waals surface area contributed by atoms with Crippen LogP contribution in [0.3, 0.4) is 0 Å². The molecule has 0 bridgehead atoms. The average molecular weight is 280 g/mol. The molecule has 4 N–H and O–H groups in total. The lowest BCUT2D eigenvalue weighted by molar-refractivity contribution is 0.260. The molecule has 0 aromatic carbocycles. The third-order valence-electron chi connectivity index (χ3n) is 3.47. The van der Waals surface area contributed by atoms with E-state index in [1.54, 1.807) is 0 Å². The molecule has 2 heterocycles. The molecule has 0 unspecified atom stereocenters. The number of hydrogen-bond acceptors (Lipinski definition) is 7. The number of anilines is 3. The minimum Gasteiger partial charge on any atom is -0.396 e. The van der Waals surface area contributed by atoms with E-state index in [4.69, 9.17) is 10.8 Å². The number of piperidine rings is 1. The number of aromatic nitrogens is 3. The van der Waals surface area contributed by atoms with Crippen molar-refractivity contribution in [1.82, 2.24) is 15.0 Å². The maximum Gasteiger partial charge on any atom is 0.231 e. The van der Waals surface area contributed by atoms with E-state index in [1.165, 1.54) is 6.42 Å². The first-order valence-corrected chi connectivity index (χ1v) is 7.16. The molecule has 7 heteroatoms. The van der Waals surface area contributed by atoms with Crippen molar-refractivity contribution >= 4 is 17.8 Å². The van der Waals surface area contributed by atoms with E-state index in [2.05, 4.69) is 25.2 Å². The Labute approximate surface area is 119 Å². The average Bonchev–Trinajstić information content (AvgIpc) is 2.38. The summed E-state index contributed by atoms with van der Waals surface area (Å²) in [6.45, 7) is 6.01. The summed E-state index contributed by atoms with van der Waals surface area (Å²) in [5, 5.41) is 12.3. The summed E-state index contributed by atoms with van der Waals surface area (Å²) in [5.41, 5.74) is 5.49. The summed E-state index contributed by atoms with van der Waals surface area (Å²) in [7, 11) is 0. The van der Waals surface area contributed by atoms with Gasteiger partial charge in [0.15, 0.2) is 0 Å². The molecule has 112 valence electrons. The van der Waals surface area contributed by atoms with E-state index in [1.807, 2.05) is 13.8 Å². The van der Waals surface area contributed by atoms with Crippen LogP contribution in [0.25, 0.3) is 0 Å². The van der Waals surface area contributed by atoms with Gasteiger partial charge in [0.05, 0.1) is 0 Å². The highest BCUT2D eigenvalue weighted by molar-refractivity contribution is 5.43. The predicted octanol–water partition coefficient (Wildman–Crippen LogP) is 1.02. The van der Waals surface area contributed by atoms with Gasteiger partial charge in [0.25, 0.3) is 0 Å². The van der Waals surface area contributed by atoms with Crippen LogP contribution in [0.1, 0.15) is 39.5 Å². The van der Waals surface area contributed by atoms with Gasteiger partial charge in [-0.15, -0.1) is 0 Å². The monoisotopic (exact) mass is 280 g/mol. The van der Waals surface area contributed by atoms with E-state index in [0.717, 1.165) is 25.9 Å². The molecule has 1 aromatic heterocycles. The molecule has 0 saturated carbocycles. The normalized spacial score (nSPS) is 16.2. The first-order chi connectivity index (χ1) is 9.50. The van der Waals surface area contributed by atoms with E-state index in [-0.39, 0.29) is 18.1 Å². The van der Waals surface area contributed by atoms with Gasteiger partial charge >= 0.3 is 0 Å². The molecular weight excluding hydrogens is 256 g/mol. The fourth-order valence-corrected chi connectivity index (χ4v) is 2.32. The summed E-state index contributed by atoms with van der Waals surface area (Å²) in [5.74, 6) is 1.33. The first-order valence-electron chi connectivity index (χ1n) is 7.16. The van der Waals surface area contributed by atoms with Gasteiger partial charge in [-0.25, -0.2) is 0 Å². The highest BCUT2D eigenvalue weighted by Crippen LogP contribution is 2.20. The van der Waals surface area contributed by atoms with Gasteiger partial charge in [0.2, 0.25) is 17.8 Å². The SMILES string of the molecule is CC(C)(CCO)Nc1nc(N)nc(N2CCCCC2)n1. The molecule has 0 atom stereocenters. The van der Waals surface area contributed by atoms with Crippen LogP contribution in [-0.2, 0) is 0 Å². The van der Waals surface area contributed by atoms with Crippen LogP contribution in [0.15, 0.2) is 0 Å². The van der Waals surface area contributed by atoms with Gasteiger partial charge in [-0.05, 0) is 39.5 Å². The van der Waals surface area contributed by atoms with Crippen molar-refractivity contribution in [2.75, 3.05) is 35.6 Å². The topological polar surface area (TPSA) is 100 Å². The molecule has 1 aromatic rings. The molecule has 20 heavy (non-hydrogen) atoms. The van der Waals surface area contributed by atoms with Crippen LogP contribution in [0, 0.1) is 0 Å². The van der Waals surface area contributed by atoms with Crippen molar-refractivity contribution in [3.05, 3.63) is 0 Å². The molecule has 2 rings (SSSR count). The van der Waals surface area contributed by atoms with Gasteiger partial charge in [-0.1, -0.05) is 0 Å². The molecular formula is C13H24N6O. The number of nitrogens with one attached hydrogen (secondary N) is 1. The van der Waals surface area contributed by atoms with Crippen molar-refractivity contribution in [3.63, 3.8) is 0 Å². The molecule has 7 nitrogen and oxygen atoms in total. The minimum absolute atomic E-state index is 0.111. The summed E-state index contributed by atoms with van der Waals surface area (Å²) >= 11 is 0. The van der Waals surface area contributed by atoms with E-state index in [9.17, 15) is 0 Å². The van der Waals surface area contributed by atoms with Crippen molar-refractivity contribution < 1.29 is 5.11 Å². The molecule has 0 aliphatic carbocycles. The fourth-order valence-electron chi connectivity index (χ4n) is 2.32. The smallest absolute Gasteiger partial charge is 0.231 e. The van der Waals surface area contributed by atoms with Crippen molar-refractivity contribution in [3.8, 4) is 0 Å². The zero-order chi connectivity index (χ0) is 14.6. The Morgan fingerprint density at radius 3 is 2.55 bits per heavy atom. The lowest BCUT2D eigenvalue weighted by Crippen LogP contribution is -2.35. The standard InChI is InChI=1S/C13H24N6O/c1-13(2,6-9-20)18-11-15-10(14)16-12(17-11)19-7-4-3-5-8-19/h20H,3-9H2,1-2H3,(H3,14,15,16,17,18). The number of nitrogens with zero attached hydrogens (tertiary/aromatic N) is 4. The van der Waals surface area contributed by atoms with Crippen LogP contribution in [0.2, 0.25) is 0 Å². The minimum atomic E-state index is -0.290. The number of aliphatic hydroxyl groups excluding tert-OH is 1. The Kier molecular flexibility index (Phi) is 4.59. The molecule has 1 saturated heterocycles. The molecule has 0 radical (unpaired) electrons. The van der Waals surface area contributed by atoms with Gasteiger partial charge < -0.3 is 21.1 Å². The second-order valence-electron chi connectivity index (χ2n) is 5.85. The van der Waals surface area contributed by atoms with Gasteiger partial charge in [0.1, 0.15) is 0 Å². The van der Waals surface area contributed by atoms with Gasteiger partial charge in [-0.2, -0.15) is 15.0 Å². The van der Waals surface area contributed by atoms with E-state index >= 15 is 0 Å². The first kappa shape index (κ1) is 14.8. The molecule has 1 aliphatic rings. The number of aliphatic hydroxyl groups is 1. The van der Waals surface area contributed by atoms with Crippen LogP contribution >= 0.6 is 0 Å². The zero-order valence-electron chi connectivity index (χ0n) is 12.3. The number of rotatable bonds is 5.